The molecule has 1 fully saturated rings. The number of piperazine rings is 1. The monoisotopic (exact) mass is 416 g/mol. The van der Waals surface area contributed by atoms with Crippen molar-refractivity contribution in [2.45, 2.75) is 25.8 Å². The average Bonchev–Trinajstić information content (AvgIpc) is 2.73. The van der Waals surface area contributed by atoms with Crippen molar-refractivity contribution in [2.24, 2.45) is 0 Å². The first-order chi connectivity index (χ1) is 13.6. The summed E-state index contributed by atoms with van der Waals surface area (Å²) in [7, 11) is 0. The highest BCUT2D eigenvalue weighted by Gasteiger charge is 2.31. The molecule has 0 bridgehead atoms. The quantitative estimate of drug-likeness (QED) is 0.752. The number of nitrogen functional groups attached to an aromatic ring is 1. The molecule has 0 aromatic heterocycles. The van der Waals surface area contributed by atoms with E-state index in [4.69, 9.17) is 5.73 Å². The summed E-state index contributed by atoms with van der Waals surface area (Å²) in [6.45, 7) is 5.64. The molecular formula is C22H29ClN4O2. The molecule has 156 valence electrons. The highest BCUT2D eigenvalue weighted by atomic mass is 35.5. The Morgan fingerprint density at radius 2 is 1.69 bits per heavy atom. The standard InChI is InChI=1S/C22H28N4O2.ClH/c1-16(26-11-5-6-17-18(23)7-4-9-19(17)26)22(28)25-14-12-24(13-15-25)20-8-2-3-10-21(20)27;/h2-4,7-10,16,27H,5-6,11-15,23H2,1H3;1H. The van der Waals surface area contributed by atoms with Crippen LogP contribution in [-0.4, -0.2) is 54.7 Å². The molecule has 0 saturated carbocycles. The maximum atomic E-state index is 13.2. The van der Waals surface area contributed by atoms with Crippen LogP contribution < -0.4 is 15.5 Å². The number of rotatable bonds is 3. The number of benzene rings is 2. The number of fused-ring (bicyclic) bond motifs is 1. The Morgan fingerprint density at radius 3 is 2.41 bits per heavy atom. The van der Waals surface area contributed by atoms with Gasteiger partial charge in [-0.2, -0.15) is 0 Å². The second-order valence-corrected chi connectivity index (χ2v) is 7.62. The van der Waals surface area contributed by atoms with E-state index in [-0.39, 0.29) is 30.1 Å². The molecule has 29 heavy (non-hydrogen) atoms. The van der Waals surface area contributed by atoms with Crippen LogP contribution in [0.2, 0.25) is 0 Å². The van der Waals surface area contributed by atoms with Gasteiger partial charge in [-0.1, -0.05) is 18.2 Å². The van der Waals surface area contributed by atoms with E-state index in [1.807, 2.05) is 42.2 Å². The maximum Gasteiger partial charge on any atom is 0.245 e. The summed E-state index contributed by atoms with van der Waals surface area (Å²) in [5, 5.41) is 10.1. The van der Waals surface area contributed by atoms with Crippen molar-refractivity contribution in [3.8, 4) is 5.75 Å². The van der Waals surface area contributed by atoms with Gasteiger partial charge in [-0.3, -0.25) is 4.79 Å². The number of halogens is 1. The molecule has 1 atom stereocenters. The van der Waals surface area contributed by atoms with Crippen molar-refractivity contribution in [1.29, 1.82) is 0 Å². The number of carbonyl (C=O) groups is 1. The molecule has 0 aliphatic carbocycles. The first kappa shape index (κ1) is 21.1. The average molecular weight is 417 g/mol. The van der Waals surface area contributed by atoms with Gasteiger partial charge in [0, 0.05) is 44.1 Å². The highest BCUT2D eigenvalue weighted by Crippen LogP contribution is 2.33. The van der Waals surface area contributed by atoms with Gasteiger partial charge in [0.15, 0.2) is 0 Å². The van der Waals surface area contributed by atoms with Crippen LogP contribution in [0.3, 0.4) is 0 Å². The van der Waals surface area contributed by atoms with Gasteiger partial charge in [0.1, 0.15) is 11.8 Å². The van der Waals surface area contributed by atoms with Crippen LogP contribution in [-0.2, 0) is 11.2 Å². The van der Waals surface area contributed by atoms with E-state index in [2.05, 4.69) is 15.9 Å². The molecule has 2 aliphatic heterocycles. The lowest BCUT2D eigenvalue weighted by molar-refractivity contribution is -0.132. The number of hydrogen-bond donors (Lipinski definition) is 2. The zero-order chi connectivity index (χ0) is 19.7. The number of hydrogen-bond acceptors (Lipinski definition) is 5. The van der Waals surface area contributed by atoms with E-state index in [0.29, 0.717) is 13.1 Å². The molecule has 2 aromatic carbocycles. The van der Waals surface area contributed by atoms with Crippen LogP contribution in [0.1, 0.15) is 18.9 Å². The Labute approximate surface area is 178 Å². The molecular weight excluding hydrogens is 388 g/mol. The minimum atomic E-state index is -0.211. The van der Waals surface area contributed by atoms with Crippen molar-refractivity contribution in [1.82, 2.24) is 4.90 Å². The summed E-state index contributed by atoms with van der Waals surface area (Å²) in [4.78, 5) is 19.5. The number of carbonyl (C=O) groups excluding carboxylic acids is 1. The number of nitrogens with zero attached hydrogens (tertiary/aromatic N) is 3. The van der Waals surface area contributed by atoms with Crippen molar-refractivity contribution in [3.63, 3.8) is 0 Å². The Balaban J connectivity index is 0.00000240. The van der Waals surface area contributed by atoms with Crippen LogP contribution in [0.25, 0.3) is 0 Å². The van der Waals surface area contributed by atoms with Crippen LogP contribution in [0.5, 0.6) is 5.75 Å². The largest absolute Gasteiger partial charge is 0.506 e. The van der Waals surface area contributed by atoms with Crippen LogP contribution >= 0.6 is 12.4 Å². The zero-order valence-electron chi connectivity index (χ0n) is 16.8. The Bertz CT molecular complexity index is 868. The minimum Gasteiger partial charge on any atom is -0.506 e. The number of anilines is 3. The Kier molecular flexibility index (Phi) is 6.42. The first-order valence-corrected chi connectivity index (χ1v) is 10.0. The number of aromatic hydroxyl groups is 1. The molecule has 1 unspecified atom stereocenters. The normalized spacial score (nSPS) is 17.3. The van der Waals surface area contributed by atoms with Gasteiger partial charge in [-0.05, 0) is 49.6 Å². The molecule has 0 spiro atoms. The van der Waals surface area contributed by atoms with Crippen molar-refractivity contribution in [3.05, 3.63) is 48.0 Å². The van der Waals surface area contributed by atoms with Gasteiger partial charge in [-0.25, -0.2) is 0 Å². The van der Waals surface area contributed by atoms with Crippen molar-refractivity contribution >= 4 is 35.4 Å². The van der Waals surface area contributed by atoms with E-state index in [1.54, 1.807) is 6.07 Å². The Hall–Kier alpha value is -2.60. The van der Waals surface area contributed by atoms with Crippen LogP contribution in [0, 0.1) is 0 Å². The second-order valence-electron chi connectivity index (χ2n) is 7.62. The summed E-state index contributed by atoms with van der Waals surface area (Å²) in [6, 6.07) is 13.1. The van der Waals surface area contributed by atoms with Gasteiger partial charge in [0.2, 0.25) is 5.91 Å². The van der Waals surface area contributed by atoms with Crippen LogP contribution in [0.15, 0.2) is 42.5 Å². The molecule has 3 N–H and O–H groups in total. The third-order valence-corrected chi connectivity index (χ3v) is 5.96. The summed E-state index contributed by atoms with van der Waals surface area (Å²) < 4.78 is 0. The van der Waals surface area contributed by atoms with Crippen molar-refractivity contribution in [2.75, 3.05) is 48.3 Å². The van der Waals surface area contributed by atoms with Gasteiger partial charge >= 0.3 is 0 Å². The number of nitrogens with two attached hydrogens (primary N) is 1. The van der Waals surface area contributed by atoms with Crippen LogP contribution in [0.4, 0.5) is 17.1 Å². The lowest BCUT2D eigenvalue weighted by atomic mass is 9.98. The summed E-state index contributed by atoms with van der Waals surface area (Å²) >= 11 is 0. The second kappa shape index (κ2) is 8.82. The molecule has 2 aliphatic rings. The zero-order valence-corrected chi connectivity index (χ0v) is 17.6. The molecule has 7 heteroatoms. The van der Waals surface area contributed by atoms with E-state index in [1.165, 1.54) is 0 Å². The summed E-state index contributed by atoms with van der Waals surface area (Å²) in [6.07, 6.45) is 1.98. The molecule has 1 saturated heterocycles. The molecule has 0 radical (unpaired) electrons. The fourth-order valence-electron chi connectivity index (χ4n) is 4.38. The van der Waals surface area contributed by atoms with E-state index in [9.17, 15) is 9.90 Å². The molecule has 6 nitrogen and oxygen atoms in total. The number of para-hydroxylation sites is 2. The smallest absolute Gasteiger partial charge is 0.245 e. The van der Waals surface area contributed by atoms with E-state index < -0.39 is 0 Å². The SMILES string of the molecule is CC(C(=O)N1CCN(c2ccccc2O)CC1)N1CCCc2c(N)cccc21.Cl. The van der Waals surface area contributed by atoms with Gasteiger partial charge in [-0.15, -0.1) is 12.4 Å². The van der Waals surface area contributed by atoms with E-state index >= 15 is 0 Å². The number of phenolic OH excluding ortho intramolecular Hbond substituents is 1. The number of amides is 1. The third-order valence-electron chi connectivity index (χ3n) is 5.96. The molecule has 2 aromatic rings. The summed E-state index contributed by atoms with van der Waals surface area (Å²) in [5.41, 5.74) is 10.1. The Morgan fingerprint density at radius 1 is 1.00 bits per heavy atom. The van der Waals surface area contributed by atoms with Gasteiger partial charge in [0.25, 0.3) is 0 Å². The predicted octanol–water partition coefficient (Wildman–Crippen LogP) is 2.89. The summed E-state index contributed by atoms with van der Waals surface area (Å²) in [5.74, 6) is 0.449. The molecule has 2 heterocycles. The number of phenols is 1. The maximum absolute atomic E-state index is 13.2. The molecule has 4 rings (SSSR count). The van der Waals surface area contributed by atoms with E-state index in [0.717, 1.165) is 55.1 Å². The lowest BCUT2D eigenvalue weighted by Crippen LogP contribution is -2.55. The fourth-order valence-corrected chi connectivity index (χ4v) is 4.38. The molecule has 1 amide bonds. The lowest BCUT2D eigenvalue weighted by Gasteiger charge is -2.41. The third kappa shape index (κ3) is 4.08. The topological polar surface area (TPSA) is 73.0 Å². The first-order valence-electron chi connectivity index (χ1n) is 10.0. The highest BCUT2D eigenvalue weighted by molar-refractivity contribution is 5.86. The predicted molar refractivity (Wildman–Crippen MR) is 120 cm³/mol. The minimum absolute atomic E-state index is 0. The fraction of sp³-hybridized carbons (Fsp3) is 0.409. The van der Waals surface area contributed by atoms with Gasteiger partial charge < -0.3 is 25.5 Å². The van der Waals surface area contributed by atoms with Crippen molar-refractivity contribution < 1.29 is 9.90 Å². The van der Waals surface area contributed by atoms with Gasteiger partial charge in [0.05, 0.1) is 5.69 Å².